The van der Waals surface area contributed by atoms with Crippen molar-refractivity contribution in [2.75, 3.05) is 5.32 Å². The van der Waals surface area contributed by atoms with Crippen LogP contribution in [0.2, 0.25) is 0 Å². The molecule has 1 aliphatic carbocycles. The molecule has 0 saturated carbocycles. The fourth-order valence-electron chi connectivity index (χ4n) is 2.75. The maximum Gasteiger partial charge on any atom is 0.387 e. The number of nitrogens with one attached hydrogen (secondary N) is 1. The Balaban J connectivity index is 1.71. The molecule has 0 fully saturated rings. The summed E-state index contributed by atoms with van der Waals surface area (Å²) in [5.74, 6) is 0.0827. The molecule has 0 saturated heterocycles. The molecule has 2 aromatic rings. The van der Waals surface area contributed by atoms with E-state index in [9.17, 15) is 13.6 Å². The second-order valence-corrected chi connectivity index (χ2v) is 7.00. The average Bonchev–Trinajstić information content (AvgIpc) is 2.96. The second kappa shape index (κ2) is 7.74. The predicted octanol–water partition coefficient (Wildman–Crippen LogP) is 5.01. The van der Waals surface area contributed by atoms with E-state index in [-0.39, 0.29) is 17.6 Å². The Bertz CT molecular complexity index is 772. The molecule has 3 rings (SSSR count). The van der Waals surface area contributed by atoms with Gasteiger partial charge >= 0.3 is 6.61 Å². The van der Waals surface area contributed by atoms with Crippen molar-refractivity contribution in [2.24, 2.45) is 5.92 Å². The summed E-state index contributed by atoms with van der Waals surface area (Å²) in [5, 5.41) is 3.45. The molecule has 1 aromatic heterocycles. The molecule has 1 heterocycles. The molecule has 1 amide bonds. The second-order valence-electron chi connectivity index (χ2n) is 5.80. The first-order chi connectivity index (χ1) is 12.0. The van der Waals surface area contributed by atoms with Crippen LogP contribution in [0.5, 0.6) is 5.75 Å². The summed E-state index contributed by atoms with van der Waals surface area (Å²) in [6.07, 6.45) is 6.67. The number of allylic oxidation sites excluding steroid dienone is 2. The Morgan fingerprint density at radius 2 is 2.08 bits per heavy atom. The first kappa shape index (κ1) is 17.5. The van der Waals surface area contributed by atoms with Gasteiger partial charge < -0.3 is 10.1 Å². The molecule has 0 aliphatic heterocycles. The van der Waals surface area contributed by atoms with E-state index < -0.39 is 6.61 Å². The minimum Gasteiger partial charge on any atom is -0.435 e. The number of thiazole rings is 1. The van der Waals surface area contributed by atoms with Crippen LogP contribution in [0.4, 0.5) is 13.9 Å². The van der Waals surface area contributed by atoms with Crippen molar-refractivity contribution >= 4 is 22.4 Å². The van der Waals surface area contributed by atoms with Gasteiger partial charge in [0.25, 0.3) is 0 Å². The van der Waals surface area contributed by atoms with Crippen LogP contribution in [0.25, 0.3) is 11.3 Å². The molecule has 7 heteroatoms. The summed E-state index contributed by atoms with van der Waals surface area (Å²) in [4.78, 5) is 17.7. The number of nitrogens with zero attached hydrogens (tertiary/aromatic N) is 1. The van der Waals surface area contributed by atoms with E-state index in [1.165, 1.54) is 23.5 Å². The third kappa shape index (κ3) is 4.42. The van der Waals surface area contributed by atoms with Crippen LogP contribution in [0.15, 0.2) is 36.4 Å². The van der Waals surface area contributed by atoms with Gasteiger partial charge in [-0.3, -0.25) is 4.79 Å². The topological polar surface area (TPSA) is 51.2 Å². The number of benzene rings is 1. The first-order valence-electron chi connectivity index (χ1n) is 8.01. The summed E-state index contributed by atoms with van der Waals surface area (Å²) in [7, 11) is 0. The maximum absolute atomic E-state index is 12.3. The molecular weight excluding hydrogens is 346 g/mol. The molecule has 0 bridgehead atoms. The smallest absolute Gasteiger partial charge is 0.387 e. The molecule has 0 unspecified atom stereocenters. The van der Waals surface area contributed by atoms with Crippen molar-refractivity contribution in [1.82, 2.24) is 4.98 Å². The van der Waals surface area contributed by atoms with Crippen molar-refractivity contribution in [3.63, 3.8) is 0 Å². The van der Waals surface area contributed by atoms with Gasteiger partial charge in [-0.15, -0.1) is 11.3 Å². The predicted molar refractivity (Wildman–Crippen MR) is 94.0 cm³/mol. The number of hydrogen-bond acceptors (Lipinski definition) is 4. The average molecular weight is 364 g/mol. The lowest BCUT2D eigenvalue weighted by Crippen LogP contribution is -2.23. The van der Waals surface area contributed by atoms with E-state index in [0.717, 1.165) is 35.4 Å². The van der Waals surface area contributed by atoms with Crippen LogP contribution in [-0.2, 0) is 4.79 Å². The molecule has 25 heavy (non-hydrogen) atoms. The van der Waals surface area contributed by atoms with Crippen LogP contribution < -0.4 is 10.1 Å². The third-order valence-corrected chi connectivity index (χ3v) is 4.91. The molecule has 0 radical (unpaired) electrons. The SMILES string of the molecule is Cc1sc(NC(=O)[C@H]2CC=CCC2)nc1-c1ccc(OC(F)F)cc1. The zero-order valence-electron chi connectivity index (χ0n) is 13.7. The lowest BCUT2D eigenvalue weighted by atomic mass is 9.94. The van der Waals surface area contributed by atoms with Gasteiger partial charge in [0.15, 0.2) is 5.13 Å². The number of amides is 1. The van der Waals surface area contributed by atoms with Crippen molar-refractivity contribution in [3.05, 3.63) is 41.3 Å². The molecule has 4 nitrogen and oxygen atoms in total. The van der Waals surface area contributed by atoms with E-state index in [0.29, 0.717) is 5.13 Å². The van der Waals surface area contributed by atoms with Crippen LogP contribution in [0.3, 0.4) is 0 Å². The van der Waals surface area contributed by atoms with Gasteiger partial charge in [0, 0.05) is 16.4 Å². The van der Waals surface area contributed by atoms with Crippen LogP contribution >= 0.6 is 11.3 Å². The number of halogens is 2. The molecular formula is C18H18F2N2O2S. The van der Waals surface area contributed by atoms with Crippen molar-refractivity contribution in [3.8, 4) is 17.0 Å². The number of carbonyl (C=O) groups is 1. The quantitative estimate of drug-likeness (QED) is 0.759. The van der Waals surface area contributed by atoms with E-state index >= 15 is 0 Å². The zero-order valence-corrected chi connectivity index (χ0v) is 14.5. The largest absolute Gasteiger partial charge is 0.435 e. The molecule has 1 aliphatic rings. The number of alkyl halides is 2. The van der Waals surface area contributed by atoms with Crippen LogP contribution in [0.1, 0.15) is 24.1 Å². The van der Waals surface area contributed by atoms with Gasteiger partial charge in [-0.1, -0.05) is 12.2 Å². The highest BCUT2D eigenvalue weighted by molar-refractivity contribution is 7.16. The van der Waals surface area contributed by atoms with Crippen molar-refractivity contribution in [2.45, 2.75) is 32.8 Å². The van der Waals surface area contributed by atoms with Crippen molar-refractivity contribution in [1.29, 1.82) is 0 Å². The van der Waals surface area contributed by atoms with Gasteiger partial charge in [0.05, 0.1) is 5.69 Å². The highest BCUT2D eigenvalue weighted by Crippen LogP contribution is 2.32. The lowest BCUT2D eigenvalue weighted by Gasteiger charge is -2.15. The molecule has 1 N–H and O–H groups in total. The van der Waals surface area contributed by atoms with Crippen LogP contribution in [-0.4, -0.2) is 17.5 Å². The van der Waals surface area contributed by atoms with Gasteiger partial charge in [-0.05, 0) is 50.5 Å². The minimum atomic E-state index is -2.84. The molecule has 0 spiro atoms. The number of carbonyl (C=O) groups excluding carboxylic acids is 1. The lowest BCUT2D eigenvalue weighted by molar-refractivity contribution is -0.120. The highest BCUT2D eigenvalue weighted by atomic mass is 32.1. The standard InChI is InChI=1S/C18H18F2N2O2S/c1-11-15(12-7-9-14(10-8-12)24-17(19)20)21-18(25-11)22-16(23)13-5-3-2-4-6-13/h2-3,7-10,13,17H,4-6H2,1H3,(H,21,22,23)/t13-/m0/s1. The fraction of sp³-hybridized carbons (Fsp3) is 0.333. The monoisotopic (exact) mass is 364 g/mol. The Kier molecular flexibility index (Phi) is 5.43. The Labute approximate surface area is 148 Å². The number of ether oxygens (including phenoxy) is 1. The summed E-state index contributed by atoms with van der Waals surface area (Å²) >= 11 is 1.40. The maximum atomic E-state index is 12.3. The normalized spacial score (nSPS) is 16.9. The van der Waals surface area contributed by atoms with Crippen LogP contribution in [0, 0.1) is 12.8 Å². The fourth-order valence-corrected chi connectivity index (χ4v) is 3.59. The summed E-state index contributed by atoms with van der Waals surface area (Å²) in [5.41, 5.74) is 1.52. The number of anilines is 1. The first-order valence-corrected chi connectivity index (χ1v) is 8.83. The van der Waals surface area contributed by atoms with Crippen molar-refractivity contribution < 1.29 is 18.3 Å². The minimum absolute atomic E-state index is 0.00895. The number of hydrogen-bond donors (Lipinski definition) is 1. The van der Waals surface area contributed by atoms with Gasteiger partial charge in [0.2, 0.25) is 5.91 Å². The Morgan fingerprint density at radius 3 is 2.72 bits per heavy atom. The number of aryl methyl sites for hydroxylation is 1. The molecule has 132 valence electrons. The van der Waals surface area contributed by atoms with Gasteiger partial charge in [-0.25, -0.2) is 4.98 Å². The van der Waals surface area contributed by atoms with Gasteiger partial charge in [-0.2, -0.15) is 8.78 Å². The Morgan fingerprint density at radius 1 is 1.32 bits per heavy atom. The van der Waals surface area contributed by atoms with E-state index in [4.69, 9.17) is 0 Å². The Hall–Kier alpha value is -2.28. The van der Waals surface area contributed by atoms with E-state index in [2.05, 4.69) is 21.1 Å². The molecule has 1 aromatic carbocycles. The summed E-state index contributed by atoms with van der Waals surface area (Å²) in [6, 6.07) is 6.31. The molecule has 1 atom stereocenters. The highest BCUT2D eigenvalue weighted by Gasteiger charge is 2.20. The third-order valence-electron chi connectivity index (χ3n) is 4.02. The summed E-state index contributed by atoms with van der Waals surface area (Å²) in [6.45, 7) is -0.932. The zero-order chi connectivity index (χ0) is 17.8. The van der Waals surface area contributed by atoms with E-state index in [1.54, 1.807) is 12.1 Å². The number of rotatable bonds is 5. The number of aromatic nitrogens is 1. The van der Waals surface area contributed by atoms with Gasteiger partial charge in [0.1, 0.15) is 5.75 Å². The van der Waals surface area contributed by atoms with E-state index in [1.807, 2.05) is 13.0 Å². The summed E-state index contributed by atoms with van der Waals surface area (Å²) < 4.78 is 28.8.